The number of hydrogen-bond donors (Lipinski definition) is 3. The number of rotatable bonds is 8. The summed E-state index contributed by atoms with van der Waals surface area (Å²) < 4.78 is 63.9. The lowest BCUT2D eigenvalue weighted by Crippen LogP contribution is -2.51. The highest BCUT2D eigenvalue weighted by atomic mass is 32.2. The summed E-state index contributed by atoms with van der Waals surface area (Å²) in [5.41, 5.74) is 4.79. The van der Waals surface area contributed by atoms with Crippen LogP contribution in [0.4, 0.5) is 13.2 Å². The molecule has 1 rings (SSSR count). The van der Waals surface area contributed by atoms with Gasteiger partial charge in [0.05, 0.1) is 4.90 Å². The van der Waals surface area contributed by atoms with Gasteiger partial charge in [-0.2, -0.15) is 13.2 Å². The predicted octanol–water partition coefficient (Wildman–Crippen LogP) is 2.02. The van der Waals surface area contributed by atoms with Crippen molar-refractivity contribution in [2.24, 2.45) is 11.7 Å². The summed E-state index contributed by atoms with van der Waals surface area (Å²) in [4.78, 5) is 11.6. The first-order valence-electron chi connectivity index (χ1n) is 7.97. The zero-order valence-corrected chi connectivity index (χ0v) is 15.7. The molecule has 0 radical (unpaired) electrons. The van der Waals surface area contributed by atoms with Gasteiger partial charge in [0.15, 0.2) is 0 Å². The maximum absolute atomic E-state index is 12.5. The lowest BCUT2D eigenvalue weighted by atomic mass is 9.92. The van der Waals surface area contributed by atoms with E-state index in [1.165, 1.54) is 0 Å². The first kappa shape index (κ1) is 22.4. The third-order valence-electron chi connectivity index (χ3n) is 3.57. The topological polar surface area (TPSA) is 101 Å². The Labute approximate surface area is 151 Å². The van der Waals surface area contributed by atoms with Gasteiger partial charge >= 0.3 is 6.18 Å². The summed E-state index contributed by atoms with van der Waals surface area (Å²) in [6, 6.07) is 4.64. The maximum atomic E-state index is 12.5. The fourth-order valence-electron chi connectivity index (χ4n) is 2.52. The minimum Gasteiger partial charge on any atom is -0.343 e. The minimum absolute atomic E-state index is 0.0723. The Hall–Kier alpha value is -1.65. The largest absolute Gasteiger partial charge is 0.405 e. The van der Waals surface area contributed by atoms with Crippen LogP contribution >= 0.6 is 0 Å². The van der Waals surface area contributed by atoms with Crippen molar-refractivity contribution < 1.29 is 26.4 Å². The van der Waals surface area contributed by atoms with Gasteiger partial charge in [0.2, 0.25) is 10.0 Å². The molecule has 0 heterocycles. The molecule has 0 aliphatic heterocycles. The molecule has 0 spiro atoms. The number of nitrogens with two attached hydrogens (primary N) is 1. The lowest BCUT2D eigenvalue weighted by Gasteiger charge is -2.30. The normalized spacial score (nSPS) is 14.9. The SMILES string of the molecule is CC(C)CC(C)(CN)NS(=O)(=O)c1ccc(C(=O)NCC(F)(F)F)cc1. The van der Waals surface area contributed by atoms with E-state index in [0.29, 0.717) is 6.42 Å². The van der Waals surface area contributed by atoms with Crippen LogP contribution in [-0.2, 0) is 10.0 Å². The standard InChI is InChI=1S/C16H24F3N3O3S/c1-11(2)8-15(3,9-20)22-26(24,25)13-6-4-12(5-7-13)14(23)21-10-16(17,18)19/h4-7,11,22H,8-10,20H2,1-3H3,(H,21,23). The van der Waals surface area contributed by atoms with Crippen molar-refractivity contribution in [2.45, 2.75) is 43.8 Å². The zero-order valence-electron chi connectivity index (χ0n) is 14.9. The Morgan fingerprint density at radius 2 is 1.73 bits per heavy atom. The molecular weight excluding hydrogens is 371 g/mol. The van der Waals surface area contributed by atoms with Gasteiger partial charge in [0.1, 0.15) is 6.54 Å². The Bertz CT molecular complexity index is 718. The first-order chi connectivity index (χ1) is 11.8. The van der Waals surface area contributed by atoms with Crippen molar-refractivity contribution in [3.63, 3.8) is 0 Å². The van der Waals surface area contributed by atoms with Gasteiger partial charge in [-0.1, -0.05) is 13.8 Å². The number of nitrogens with one attached hydrogen (secondary N) is 2. The Balaban J connectivity index is 2.91. The Morgan fingerprint density at radius 3 is 2.15 bits per heavy atom. The molecule has 6 nitrogen and oxygen atoms in total. The molecule has 0 aliphatic rings. The van der Waals surface area contributed by atoms with E-state index in [4.69, 9.17) is 5.73 Å². The quantitative estimate of drug-likeness (QED) is 0.627. The van der Waals surface area contributed by atoms with Crippen LogP contribution in [0.15, 0.2) is 29.2 Å². The molecule has 0 fully saturated rings. The smallest absolute Gasteiger partial charge is 0.343 e. The van der Waals surface area contributed by atoms with Crippen molar-refractivity contribution in [3.8, 4) is 0 Å². The molecule has 26 heavy (non-hydrogen) atoms. The number of hydrogen-bond acceptors (Lipinski definition) is 4. The molecule has 0 aromatic heterocycles. The molecule has 1 aromatic carbocycles. The molecule has 0 saturated carbocycles. The molecular formula is C16H24F3N3O3S. The monoisotopic (exact) mass is 395 g/mol. The molecule has 1 unspecified atom stereocenters. The van der Waals surface area contributed by atoms with Crippen LogP contribution < -0.4 is 15.8 Å². The molecule has 4 N–H and O–H groups in total. The van der Waals surface area contributed by atoms with E-state index in [9.17, 15) is 26.4 Å². The van der Waals surface area contributed by atoms with E-state index in [-0.39, 0.29) is 22.9 Å². The van der Waals surface area contributed by atoms with Crippen molar-refractivity contribution in [1.29, 1.82) is 0 Å². The van der Waals surface area contributed by atoms with Crippen molar-refractivity contribution in [2.75, 3.05) is 13.1 Å². The lowest BCUT2D eigenvalue weighted by molar-refractivity contribution is -0.123. The predicted molar refractivity (Wildman–Crippen MR) is 92.1 cm³/mol. The van der Waals surface area contributed by atoms with Crippen LogP contribution in [0.5, 0.6) is 0 Å². The minimum atomic E-state index is -4.52. The van der Waals surface area contributed by atoms with Crippen LogP contribution in [0.1, 0.15) is 37.6 Å². The molecule has 1 amide bonds. The summed E-state index contributed by atoms with van der Waals surface area (Å²) in [6.07, 6.45) is -3.99. The van der Waals surface area contributed by atoms with E-state index in [2.05, 4.69) is 4.72 Å². The average molecular weight is 395 g/mol. The summed E-state index contributed by atoms with van der Waals surface area (Å²) in [6.45, 7) is 4.22. The van der Waals surface area contributed by atoms with Gasteiger partial charge in [0.25, 0.3) is 5.91 Å². The highest BCUT2D eigenvalue weighted by Crippen LogP contribution is 2.20. The number of alkyl halides is 3. The third kappa shape index (κ3) is 6.93. The second kappa shape index (κ2) is 8.36. The molecule has 0 saturated heterocycles. The molecule has 1 atom stereocenters. The highest BCUT2D eigenvalue weighted by Gasteiger charge is 2.31. The highest BCUT2D eigenvalue weighted by molar-refractivity contribution is 7.89. The van der Waals surface area contributed by atoms with Crippen molar-refractivity contribution in [3.05, 3.63) is 29.8 Å². The third-order valence-corrected chi connectivity index (χ3v) is 5.22. The van der Waals surface area contributed by atoms with E-state index in [1.807, 2.05) is 13.8 Å². The van der Waals surface area contributed by atoms with Gasteiger partial charge < -0.3 is 11.1 Å². The van der Waals surface area contributed by atoms with Gasteiger partial charge in [-0.25, -0.2) is 13.1 Å². The van der Waals surface area contributed by atoms with E-state index in [1.54, 1.807) is 12.2 Å². The Morgan fingerprint density at radius 1 is 1.19 bits per heavy atom. The first-order valence-corrected chi connectivity index (χ1v) is 9.45. The number of sulfonamides is 1. The molecule has 1 aromatic rings. The molecule has 0 bridgehead atoms. The van der Waals surface area contributed by atoms with Crippen molar-refractivity contribution in [1.82, 2.24) is 10.0 Å². The second-order valence-corrected chi connectivity index (χ2v) is 8.47. The van der Waals surface area contributed by atoms with E-state index < -0.39 is 34.2 Å². The molecule has 0 aliphatic carbocycles. The van der Waals surface area contributed by atoms with Crippen LogP contribution in [0, 0.1) is 5.92 Å². The van der Waals surface area contributed by atoms with Crippen molar-refractivity contribution >= 4 is 15.9 Å². The number of halogens is 3. The van der Waals surface area contributed by atoms with Gasteiger partial charge in [0, 0.05) is 17.6 Å². The number of carbonyl (C=O) groups excluding carboxylic acids is 1. The van der Waals surface area contributed by atoms with Gasteiger partial charge in [-0.3, -0.25) is 4.79 Å². The van der Waals surface area contributed by atoms with Gasteiger partial charge in [-0.15, -0.1) is 0 Å². The summed E-state index contributed by atoms with van der Waals surface area (Å²) in [5.74, 6) is -0.725. The fourth-order valence-corrected chi connectivity index (χ4v) is 3.95. The summed E-state index contributed by atoms with van der Waals surface area (Å²) >= 11 is 0. The van der Waals surface area contributed by atoms with Crippen LogP contribution in [0.2, 0.25) is 0 Å². The zero-order chi connectivity index (χ0) is 20.2. The second-order valence-electron chi connectivity index (χ2n) is 6.79. The van der Waals surface area contributed by atoms with Crippen LogP contribution in [-0.4, -0.2) is 39.1 Å². The number of benzene rings is 1. The molecule has 10 heteroatoms. The maximum Gasteiger partial charge on any atom is 0.405 e. The molecule has 148 valence electrons. The summed E-state index contributed by atoms with van der Waals surface area (Å²) in [7, 11) is -3.90. The van der Waals surface area contributed by atoms with Crippen LogP contribution in [0.25, 0.3) is 0 Å². The number of amides is 1. The summed E-state index contributed by atoms with van der Waals surface area (Å²) in [5, 5.41) is 1.72. The van der Waals surface area contributed by atoms with Crippen LogP contribution in [0.3, 0.4) is 0 Å². The van der Waals surface area contributed by atoms with E-state index >= 15 is 0 Å². The number of carbonyl (C=O) groups is 1. The average Bonchev–Trinajstić information content (AvgIpc) is 2.50. The Kier molecular flexibility index (Phi) is 7.20. The van der Waals surface area contributed by atoms with E-state index in [0.717, 1.165) is 24.3 Å². The fraction of sp³-hybridized carbons (Fsp3) is 0.562. The van der Waals surface area contributed by atoms with Gasteiger partial charge in [-0.05, 0) is 43.5 Å².